The van der Waals surface area contributed by atoms with Crippen LogP contribution in [0.5, 0.6) is 28.7 Å². The molecular weight excluding hydrogens is 432 g/mol. The van der Waals surface area contributed by atoms with E-state index in [1.165, 1.54) is 24.3 Å². The molecule has 0 radical (unpaired) electrons. The Morgan fingerprint density at radius 3 is 1.91 bits per heavy atom. The van der Waals surface area contributed by atoms with Gasteiger partial charge in [0.15, 0.2) is 5.78 Å². The molecule has 0 fully saturated rings. The van der Waals surface area contributed by atoms with E-state index in [0.29, 0.717) is 22.6 Å². The van der Waals surface area contributed by atoms with Crippen LogP contribution in [0.2, 0.25) is 0 Å². The van der Waals surface area contributed by atoms with Crippen molar-refractivity contribution in [1.29, 1.82) is 0 Å². The molecule has 34 heavy (non-hydrogen) atoms. The minimum atomic E-state index is -0.538. The molecule has 0 aliphatic rings. The fourth-order valence-corrected chi connectivity index (χ4v) is 3.11. The number of allylic oxidation sites excluding steroid dienone is 1. The van der Waals surface area contributed by atoms with E-state index in [1.807, 2.05) is 18.2 Å². The molecule has 0 aliphatic carbocycles. The number of benzene rings is 4. The Morgan fingerprint density at radius 2 is 1.26 bits per heavy atom. The molecule has 0 heterocycles. The molecule has 6 heteroatoms. The predicted octanol–water partition coefficient (Wildman–Crippen LogP) is 6.01. The Balaban J connectivity index is 1.35. The second kappa shape index (κ2) is 10.2. The van der Waals surface area contributed by atoms with Crippen molar-refractivity contribution in [3.05, 3.63) is 120 Å². The van der Waals surface area contributed by atoms with Crippen molar-refractivity contribution in [2.75, 3.05) is 0 Å². The summed E-state index contributed by atoms with van der Waals surface area (Å²) < 4.78 is 11.0. The fourth-order valence-electron chi connectivity index (χ4n) is 3.11. The summed E-state index contributed by atoms with van der Waals surface area (Å²) in [7, 11) is 0. The Hall–Kier alpha value is -4.84. The van der Waals surface area contributed by atoms with Crippen LogP contribution in [0.3, 0.4) is 0 Å². The van der Waals surface area contributed by atoms with Gasteiger partial charge in [-0.05, 0) is 48.0 Å². The molecule has 0 saturated carbocycles. The third-order valence-electron chi connectivity index (χ3n) is 4.78. The second-order valence-electron chi connectivity index (χ2n) is 7.33. The van der Waals surface area contributed by atoms with E-state index in [-0.39, 0.29) is 23.0 Å². The molecule has 0 atom stereocenters. The zero-order valence-corrected chi connectivity index (χ0v) is 17.9. The quantitative estimate of drug-likeness (QED) is 0.154. The van der Waals surface area contributed by atoms with Crippen molar-refractivity contribution in [1.82, 2.24) is 0 Å². The highest BCUT2D eigenvalue weighted by atomic mass is 16.5. The molecule has 4 rings (SSSR count). The Morgan fingerprint density at radius 1 is 0.647 bits per heavy atom. The first-order valence-corrected chi connectivity index (χ1v) is 10.4. The summed E-state index contributed by atoms with van der Waals surface area (Å²) in [4.78, 5) is 24.6. The van der Waals surface area contributed by atoms with Crippen molar-refractivity contribution < 1.29 is 29.3 Å². The lowest BCUT2D eigenvalue weighted by Crippen LogP contribution is -2.08. The van der Waals surface area contributed by atoms with E-state index in [1.54, 1.807) is 66.7 Å². The first kappa shape index (κ1) is 22.4. The molecule has 6 nitrogen and oxygen atoms in total. The predicted molar refractivity (Wildman–Crippen MR) is 127 cm³/mol. The summed E-state index contributed by atoms with van der Waals surface area (Å²) in [6.07, 6.45) is 3.20. The molecule has 0 aliphatic heterocycles. The third kappa shape index (κ3) is 5.89. The Labute approximate surface area is 196 Å². The number of ether oxygens (including phenoxy) is 2. The molecule has 0 spiro atoms. The maximum Gasteiger partial charge on any atom is 0.343 e. The van der Waals surface area contributed by atoms with E-state index in [9.17, 15) is 19.8 Å². The SMILES string of the molecule is O=C(/C=C/c1ccc(OC(=O)c2ccc(Oc3cc(O)cc(O)c3)cc2)cc1)c1ccccc1. The molecule has 0 bridgehead atoms. The van der Waals surface area contributed by atoms with Crippen LogP contribution in [-0.2, 0) is 0 Å². The van der Waals surface area contributed by atoms with Crippen LogP contribution in [0.15, 0.2) is 103 Å². The number of phenols is 2. The van der Waals surface area contributed by atoms with Crippen LogP contribution in [0.4, 0.5) is 0 Å². The molecule has 168 valence electrons. The van der Waals surface area contributed by atoms with E-state index in [0.717, 1.165) is 5.56 Å². The summed E-state index contributed by atoms with van der Waals surface area (Å²) in [5.74, 6) is 0.162. The van der Waals surface area contributed by atoms with Crippen LogP contribution in [0, 0.1) is 0 Å². The molecule has 0 amide bonds. The van der Waals surface area contributed by atoms with E-state index in [4.69, 9.17) is 9.47 Å². The van der Waals surface area contributed by atoms with Gasteiger partial charge in [0, 0.05) is 23.8 Å². The molecular formula is C28H20O6. The number of hydrogen-bond donors (Lipinski definition) is 2. The smallest absolute Gasteiger partial charge is 0.343 e. The molecule has 4 aromatic rings. The highest BCUT2D eigenvalue weighted by Gasteiger charge is 2.10. The van der Waals surface area contributed by atoms with Crippen LogP contribution in [0.25, 0.3) is 6.08 Å². The van der Waals surface area contributed by atoms with E-state index >= 15 is 0 Å². The van der Waals surface area contributed by atoms with Gasteiger partial charge < -0.3 is 19.7 Å². The summed E-state index contributed by atoms with van der Waals surface area (Å²) in [5, 5.41) is 19.1. The number of rotatable bonds is 7. The summed E-state index contributed by atoms with van der Waals surface area (Å²) in [6, 6.07) is 25.9. The number of phenolic OH excluding ortho intramolecular Hbond substituents is 2. The number of carbonyl (C=O) groups is 2. The van der Waals surface area contributed by atoms with Gasteiger partial charge in [-0.2, -0.15) is 0 Å². The number of aromatic hydroxyl groups is 2. The number of ketones is 1. The van der Waals surface area contributed by atoms with E-state index < -0.39 is 5.97 Å². The minimum absolute atomic E-state index is 0.0932. The lowest BCUT2D eigenvalue weighted by atomic mass is 10.1. The monoisotopic (exact) mass is 452 g/mol. The average molecular weight is 452 g/mol. The maximum absolute atomic E-state index is 12.4. The third-order valence-corrected chi connectivity index (χ3v) is 4.78. The Bertz CT molecular complexity index is 1300. The minimum Gasteiger partial charge on any atom is -0.508 e. The standard InChI is InChI=1S/C28H20O6/c29-22-16-23(30)18-26(17-22)33-24-13-9-21(10-14-24)28(32)34-25-11-6-19(7-12-25)8-15-27(31)20-4-2-1-3-5-20/h1-18,29-30H/b15-8+. The van der Waals surface area contributed by atoms with Crippen molar-refractivity contribution >= 4 is 17.8 Å². The summed E-state index contributed by atoms with van der Waals surface area (Å²) >= 11 is 0. The number of esters is 1. The Kier molecular flexibility index (Phi) is 6.70. The average Bonchev–Trinajstić information content (AvgIpc) is 2.84. The van der Waals surface area contributed by atoms with Gasteiger partial charge in [0.05, 0.1) is 5.56 Å². The number of carbonyl (C=O) groups excluding carboxylic acids is 2. The molecule has 0 saturated heterocycles. The highest BCUT2D eigenvalue weighted by Crippen LogP contribution is 2.29. The van der Waals surface area contributed by atoms with Gasteiger partial charge in [-0.1, -0.05) is 48.5 Å². The van der Waals surface area contributed by atoms with E-state index in [2.05, 4.69) is 0 Å². The van der Waals surface area contributed by atoms with Gasteiger partial charge in [0.25, 0.3) is 0 Å². The van der Waals surface area contributed by atoms with Crippen molar-refractivity contribution in [2.45, 2.75) is 0 Å². The lowest BCUT2D eigenvalue weighted by Gasteiger charge is -2.08. The topological polar surface area (TPSA) is 93.1 Å². The van der Waals surface area contributed by atoms with Gasteiger partial charge >= 0.3 is 5.97 Å². The summed E-state index contributed by atoms with van der Waals surface area (Å²) in [5.41, 5.74) is 1.73. The highest BCUT2D eigenvalue weighted by molar-refractivity contribution is 6.06. The van der Waals surface area contributed by atoms with Gasteiger partial charge in [-0.25, -0.2) is 4.79 Å². The molecule has 4 aromatic carbocycles. The van der Waals surface area contributed by atoms with Crippen molar-refractivity contribution in [2.24, 2.45) is 0 Å². The maximum atomic E-state index is 12.4. The van der Waals surface area contributed by atoms with Crippen molar-refractivity contribution in [3.63, 3.8) is 0 Å². The largest absolute Gasteiger partial charge is 0.508 e. The molecule has 0 aromatic heterocycles. The van der Waals surface area contributed by atoms with Gasteiger partial charge in [-0.3, -0.25) is 4.79 Å². The first-order valence-electron chi connectivity index (χ1n) is 10.4. The number of hydrogen-bond acceptors (Lipinski definition) is 6. The zero-order valence-electron chi connectivity index (χ0n) is 17.9. The molecule has 2 N–H and O–H groups in total. The van der Waals surface area contributed by atoms with Crippen molar-refractivity contribution in [3.8, 4) is 28.7 Å². The van der Waals surface area contributed by atoms with Gasteiger partial charge in [0.2, 0.25) is 0 Å². The zero-order chi connectivity index (χ0) is 23.9. The second-order valence-corrected chi connectivity index (χ2v) is 7.33. The van der Waals surface area contributed by atoms with Crippen LogP contribution in [-0.4, -0.2) is 22.0 Å². The first-order chi connectivity index (χ1) is 16.5. The summed E-state index contributed by atoms with van der Waals surface area (Å²) in [6.45, 7) is 0. The lowest BCUT2D eigenvalue weighted by molar-refractivity contribution is 0.0734. The molecule has 0 unspecified atom stereocenters. The van der Waals surface area contributed by atoms with Gasteiger partial charge in [-0.15, -0.1) is 0 Å². The van der Waals surface area contributed by atoms with Crippen LogP contribution in [0.1, 0.15) is 26.3 Å². The van der Waals surface area contributed by atoms with Crippen LogP contribution < -0.4 is 9.47 Å². The fraction of sp³-hybridized carbons (Fsp3) is 0. The van der Waals surface area contributed by atoms with Gasteiger partial charge in [0.1, 0.15) is 28.7 Å². The van der Waals surface area contributed by atoms with Crippen LogP contribution >= 0.6 is 0 Å². The normalized spacial score (nSPS) is 10.7.